The molecule has 0 aromatic carbocycles. The molecule has 1 saturated heterocycles. The highest BCUT2D eigenvalue weighted by Crippen LogP contribution is 2.65. The summed E-state index contributed by atoms with van der Waals surface area (Å²) in [7, 11) is 0. The van der Waals surface area contributed by atoms with Gasteiger partial charge in [-0.1, -0.05) is 38.3 Å². The van der Waals surface area contributed by atoms with E-state index in [2.05, 4.69) is 23.8 Å². The second kappa shape index (κ2) is 11.9. The van der Waals surface area contributed by atoms with Gasteiger partial charge in [0.05, 0.1) is 6.04 Å². The number of Topliss-reactive ketones (excluding diaryl/α,β-unsaturated/α-hetero) is 1. The largest absolute Gasteiger partial charge is 0.349 e. The molecule has 3 rings (SSSR count). The maximum atomic E-state index is 13.5. The number of halogens is 2. The van der Waals surface area contributed by atoms with Gasteiger partial charge in [0, 0.05) is 30.8 Å². The number of rotatable bonds is 12. The number of alkyl halides is 2. The summed E-state index contributed by atoms with van der Waals surface area (Å²) in [5.41, 5.74) is 0. The molecule has 1 unspecified atom stereocenters. The smallest absolute Gasteiger partial charge is 0.289 e. The van der Waals surface area contributed by atoms with E-state index in [1.807, 2.05) is 6.92 Å². The van der Waals surface area contributed by atoms with E-state index in [1.165, 1.54) is 6.42 Å². The van der Waals surface area contributed by atoms with Gasteiger partial charge < -0.3 is 15.5 Å². The highest BCUT2D eigenvalue weighted by atomic mass is 35.5. The van der Waals surface area contributed by atoms with Crippen LogP contribution in [0.1, 0.15) is 58.3 Å². The van der Waals surface area contributed by atoms with E-state index in [4.69, 9.17) is 23.2 Å². The summed E-state index contributed by atoms with van der Waals surface area (Å²) in [5, 5.41) is 5.28. The van der Waals surface area contributed by atoms with Crippen molar-refractivity contribution in [2.24, 2.45) is 23.7 Å². The molecule has 194 valence electrons. The fraction of sp³-hybridized carbons (Fsp3) is 0.692. The first-order valence-corrected chi connectivity index (χ1v) is 13.4. The minimum Gasteiger partial charge on any atom is -0.349 e. The van der Waals surface area contributed by atoms with Crippen LogP contribution >= 0.6 is 23.2 Å². The van der Waals surface area contributed by atoms with Crippen molar-refractivity contribution in [2.45, 2.75) is 74.7 Å². The lowest BCUT2D eigenvalue weighted by Gasteiger charge is -2.35. The monoisotopic (exact) mass is 525 g/mol. The van der Waals surface area contributed by atoms with Crippen LogP contribution in [0.4, 0.5) is 0 Å². The first-order chi connectivity index (χ1) is 16.6. The number of allylic oxidation sites excluding steroid dienone is 1. The normalized spacial score (nSPS) is 26.7. The van der Waals surface area contributed by atoms with Crippen molar-refractivity contribution in [1.82, 2.24) is 15.5 Å². The number of nitrogens with one attached hydrogen (secondary N) is 2. The Hall–Kier alpha value is -1.86. The van der Waals surface area contributed by atoms with Gasteiger partial charge in [0.2, 0.25) is 17.6 Å². The van der Waals surface area contributed by atoms with Crippen molar-refractivity contribution in [3.8, 4) is 0 Å². The molecule has 1 heterocycles. The topological polar surface area (TPSA) is 95.6 Å². The van der Waals surface area contributed by atoms with E-state index in [-0.39, 0.29) is 30.7 Å². The molecule has 0 radical (unpaired) electrons. The predicted octanol–water partition coefficient (Wildman–Crippen LogP) is 3.55. The van der Waals surface area contributed by atoms with Crippen LogP contribution in [0.25, 0.3) is 0 Å². The van der Waals surface area contributed by atoms with Gasteiger partial charge >= 0.3 is 0 Å². The fourth-order valence-corrected chi connectivity index (χ4v) is 6.40. The number of carbonyl (C=O) groups excluding carboxylic acids is 4. The molecular formula is C26H37Cl2N3O4. The third-order valence-electron chi connectivity index (χ3n) is 7.78. The number of hydrogen-bond acceptors (Lipinski definition) is 4. The molecule has 7 nitrogen and oxygen atoms in total. The summed E-state index contributed by atoms with van der Waals surface area (Å²) in [4.78, 5) is 53.8. The van der Waals surface area contributed by atoms with Crippen LogP contribution in [0.5, 0.6) is 0 Å². The van der Waals surface area contributed by atoms with Gasteiger partial charge in [-0.25, -0.2) is 0 Å². The number of likely N-dealkylation sites (tertiary alicyclic amines) is 1. The highest BCUT2D eigenvalue weighted by Gasteiger charge is 2.74. The zero-order valence-corrected chi connectivity index (χ0v) is 22.0. The van der Waals surface area contributed by atoms with Crippen LogP contribution in [0, 0.1) is 23.7 Å². The molecule has 0 bridgehead atoms. The molecule has 5 atom stereocenters. The van der Waals surface area contributed by atoms with Gasteiger partial charge in [0.15, 0.2) is 0 Å². The van der Waals surface area contributed by atoms with Crippen LogP contribution in [0.2, 0.25) is 0 Å². The Balaban J connectivity index is 1.73. The van der Waals surface area contributed by atoms with Crippen LogP contribution in [0.15, 0.2) is 25.3 Å². The number of ketones is 1. The molecule has 3 aliphatic rings. The lowest BCUT2D eigenvalue weighted by atomic mass is 9.80. The van der Waals surface area contributed by atoms with Crippen molar-refractivity contribution in [2.75, 3.05) is 13.1 Å². The summed E-state index contributed by atoms with van der Waals surface area (Å²) in [6.07, 6.45) is 9.90. The number of nitrogens with zero attached hydrogens (tertiary/aromatic N) is 1. The van der Waals surface area contributed by atoms with Gasteiger partial charge in [0.25, 0.3) is 5.91 Å². The first kappa shape index (κ1) is 27.7. The zero-order valence-electron chi connectivity index (χ0n) is 20.4. The quantitative estimate of drug-likeness (QED) is 0.176. The Labute approximate surface area is 218 Å². The summed E-state index contributed by atoms with van der Waals surface area (Å²) in [5.74, 6) is -2.54. The van der Waals surface area contributed by atoms with Crippen LogP contribution in [-0.4, -0.2) is 57.9 Å². The second-order valence-electron chi connectivity index (χ2n) is 10.1. The molecule has 9 heteroatoms. The first-order valence-electron chi connectivity index (χ1n) is 12.7. The van der Waals surface area contributed by atoms with Gasteiger partial charge in [-0.15, -0.1) is 36.4 Å². The van der Waals surface area contributed by atoms with E-state index in [9.17, 15) is 19.2 Å². The molecule has 1 aliphatic heterocycles. The van der Waals surface area contributed by atoms with Crippen LogP contribution < -0.4 is 10.6 Å². The van der Waals surface area contributed by atoms with E-state index >= 15 is 0 Å². The summed E-state index contributed by atoms with van der Waals surface area (Å²) in [6.45, 7) is 9.80. The summed E-state index contributed by atoms with van der Waals surface area (Å²) < 4.78 is -1.07. The zero-order chi connectivity index (χ0) is 25.8. The maximum absolute atomic E-state index is 13.5. The minimum atomic E-state index is -1.07. The third kappa shape index (κ3) is 6.11. The Morgan fingerprint density at radius 2 is 1.74 bits per heavy atom. The van der Waals surface area contributed by atoms with Crippen LogP contribution in [0.3, 0.4) is 0 Å². The van der Waals surface area contributed by atoms with Gasteiger partial charge in [-0.3, -0.25) is 19.2 Å². The average molecular weight is 527 g/mol. The van der Waals surface area contributed by atoms with Crippen molar-refractivity contribution in [1.29, 1.82) is 0 Å². The Bertz CT molecular complexity index is 856. The van der Waals surface area contributed by atoms with Crippen molar-refractivity contribution in [3.63, 3.8) is 0 Å². The molecule has 2 aliphatic carbocycles. The molecule has 3 amide bonds. The number of fused-ring (bicyclic) bond motifs is 1. The molecule has 2 saturated carbocycles. The number of carbonyl (C=O) groups is 4. The minimum absolute atomic E-state index is 0.0653. The van der Waals surface area contributed by atoms with E-state index < -0.39 is 39.9 Å². The lowest BCUT2D eigenvalue weighted by Crippen LogP contribution is -2.56. The summed E-state index contributed by atoms with van der Waals surface area (Å²) >= 11 is 12.9. The molecule has 3 fully saturated rings. The van der Waals surface area contributed by atoms with Gasteiger partial charge in [-0.2, -0.15) is 0 Å². The molecular weight excluding hydrogens is 489 g/mol. The number of amides is 3. The number of piperidine rings is 1. The maximum Gasteiger partial charge on any atom is 0.289 e. The molecule has 35 heavy (non-hydrogen) atoms. The Kier molecular flexibility index (Phi) is 9.44. The molecule has 0 spiro atoms. The van der Waals surface area contributed by atoms with Gasteiger partial charge in [0.1, 0.15) is 10.4 Å². The van der Waals surface area contributed by atoms with Crippen molar-refractivity contribution >= 4 is 46.7 Å². The van der Waals surface area contributed by atoms with Gasteiger partial charge in [-0.05, 0) is 38.0 Å². The SMILES string of the molecule is C=CCCNC(=O)C(=O)C(CCC=C)NC(=O)[C@@H]1[C@@H]2[C@H](CN1C(=O)[C@@H](C)C1CCCCC1)C2(Cl)Cl. The van der Waals surface area contributed by atoms with Crippen LogP contribution in [-0.2, 0) is 19.2 Å². The lowest BCUT2D eigenvalue weighted by molar-refractivity contribution is -0.145. The Morgan fingerprint density at radius 1 is 1.09 bits per heavy atom. The fourth-order valence-electron chi connectivity index (χ4n) is 5.57. The standard InChI is InChI=1S/C26H37Cl2N3O4/c1-4-6-13-19(22(32)24(34)29-14-7-5-2)30-23(33)21-20-18(26(20,27)28)15-31(21)25(35)16(3)17-11-9-8-10-12-17/h4-5,16-21H,1-2,6-15H2,3H3,(H,29,34)(H,30,33)/t16-,18-,19?,20-,21-/m0/s1. The van der Waals surface area contributed by atoms with E-state index in [1.54, 1.807) is 17.1 Å². The number of hydrogen-bond donors (Lipinski definition) is 2. The highest BCUT2D eigenvalue weighted by molar-refractivity contribution is 6.51. The third-order valence-corrected chi connectivity index (χ3v) is 8.85. The van der Waals surface area contributed by atoms with Crippen molar-refractivity contribution < 1.29 is 19.2 Å². The van der Waals surface area contributed by atoms with Crippen molar-refractivity contribution in [3.05, 3.63) is 25.3 Å². The molecule has 0 aromatic rings. The predicted molar refractivity (Wildman–Crippen MR) is 137 cm³/mol. The second-order valence-corrected chi connectivity index (χ2v) is 11.5. The van der Waals surface area contributed by atoms with E-state index in [0.29, 0.717) is 25.3 Å². The summed E-state index contributed by atoms with van der Waals surface area (Å²) in [6, 6.07) is -1.90. The molecule has 0 aromatic heterocycles. The molecule has 2 N–H and O–H groups in total. The average Bonchev–Trinajstić information content (AvgIpc) is 3.18. The Morgan fingerprint density at radius 3 is 2.37 bits per heavy atom. The van der Waals surface area contributed by atoms with E-state index in [0.717, 1.165) is 25.7 Å².